The molecule has 2 aliphatic carbocycles. The fraction of sp³-hybridized carbons (Fsp3) is 0.789. The average molecular weight is 396 g/mol. The first-order valence-electron chi connectivity index (χ1n) is 10.2. The van der Waals surface area contributed by atoms with Crippen molar-refractivity contribution in [3.63, 3.8) is 0 Å². The Labute approximate surface area is 160 Å². The lowest BCUT2D eigenvalue weighted by atomic mass is 9.83. The van der Waals surface area contributed by atoms with Crippen LogP contribution in [0.4, 0.5) is 0 Å². The first kappa shape index (κ1) is 18.9. The maximum atomic E-state index is 13.2. The molecule has 0 aromatic carbocycles. The number of aliphatic carboxylic acids is 1. The Morgan fingerprint density at radius 1 is 1.22 bits per heavy atom. The molecule has 0 radical (unpaired) electrons. The van der Waals surface area contributed by atoms with Gasteiger partial charge in [0.2, 0.25) is 0 Å². The average Bonchev–Trinajstić information content (AvgIpc) is 3.09. The summed E-state index contributed by atoms with van der Waals surface area (Å²) < 4.78 is 29.8. The third kappa shape index (κ3) is 3.66. The molecule has 2 heterocycles. The maximum absolute atomic E-state index is 13.2. The number of carboxylic acids is 1. The van der Waals surface area contributed by atoms with E-state index < -0.39 is 21.9 Å². The highest BCUT2D eigenvalue weighted by atomic mass is 32.2. The molecule has 2 saturated carbocycles. The van der Waals surface area contributed by atoms with Gasteiger partial charge in [0.05, 0.1) is 5.92 Å². The van der Waals surface area contributed by atoms with Gasteiger partial charge in [-0.3, -0.25) is 4.79 Å². The van der Waals surface area contributed by atoms with Crippen LogP contribution in [0.3, 0.4) is 0 Å². The van der Waals surface area contributed by atoms with Crippen molar-refractivity contribution in [3.05, 3.63) is 12.0 Å². The monoisotopic (exact) mass is 395 g/mol. The van der Waals surface area contributed by atoms with Crippen LogP contribution in [0.25, 0.3) is 0 Å². The van der Waals surface area contributed by atoms with Gasteiger partial charge in [-0.25, -0.2) is 13.4 Å². The standard InChI is InChI=1S/C19H29N3O4S/c1-2-17-20-18(12-21(17)9-13-7-8-13)27(25,26)22-10-15(14-5-3-4-6-14)16(11-22)19(23)24/h12-16H,2-11H2,1H3,(H,23,24)/t15-,16+/m0/s1. The Morgan fingerprint density at radius 3 is 2.52 bits per heavy atom. The van der Waals surface area contributed by atoms with Gasteiger partial charge in [0.1, 0.15) is 5.82 Å². The molecule has 1 aromatic rings. The summed E-state index contributed by atoms with van der Waals surface area (Å²) >= 11 is 0. The fourth-order valence-electron chi connectivity index (χ4n) is 4.82. The summed E-state index contributed by atoms with van der Waals surface area (Å²) in [5.74, 6) is 0.181. The number of aryl methyl sites for hydroxylation is 1. The largest absolute Gasteiger partial charge is 0.481 e. The minimum absolute atomic E-state index is 0.0653. The van der Waals surface area contributed by atoms with Gasteiger partial charge in [-0.2, -0.15) is 4.31 Å². The quantitative estimate of drug-likeness (QED) is 0.765. The topological polar surface area (TPSA) is 92.5 Å². The van der Waals surface area contributed by atoms with Crippen molar-refractivity contribution in [1.29, 1.82) is 0 Å². The summed E-state index contributed by atoms with van der Waals surface area (Å²) in [6.45, 7) is 3.18. The second-order valence-electron chi connectivity index (χ2n) is 8.42. The van der Waals surface area contributed by atoms with E-state index in [2.05, 4.69) is 4.98 Å². The third-order valence-corrected chi connectivity index (χ3v) is 8.27. The summed E-state index contributed by atoms with van der Waals surface area (Å²) in [7, 11) is -3.76. The first-order valence-corrected chi connectivity index (χ1v) is 11.6. The van der Waals surface area contributed by atoms with E-state index in [0.717, 1.165) is 38.1 Å². The number of hydrogen-bond donors (Lipinski definition) is 1. The van der Waals surface area contributed by atoms with Crippen LogP contribution in [-0.4, -0.2) is 46.4 Å². The lowest BCUT2D eigenvalue weighted by Gasteiger charge is -2.21. The highest BCUT2D eigenvalue weighted by molar-refractivity contribution is 7.89. The lowest BCUT2D eigenvalue weighted by Crippen LogP contribution is -2.30. The van der Waals surface area contributed by atoms with E-state index in [0.29, 0.717) is 24.8 Å². The van der Waals surface area contributed by atoms with Crippen LogP contribution >= 0.6 is 0 Å². The highest BCUT2D eigenvalue weighted by Gasteiger charge is 2.47. The Bertz CT molecular complexity index is 809. The van der Waals surface area contributed by atoms with Gasteiger partial charge in [-0.05, 0) is 30.6 Å². The second kappa shape index (κ2) is 7.20. The van der Waals surface area contributed by atoms with E-state index in [1.165, 1.54) is 17.1 Å². The molecule has 0 bridgehead atoms. The normalized spacial score (nSPS) is 27.4. The Balaban J connectivity index is 1.58. The van der Waals surface area contributed by atoms with Gasteiger partial charge in [-0.1, -0.05) is 32.6 Å². The molecule has 2 atom stereocenters. The van der Waals surface area contributed by atoms with Crippen molar-refractivity contribution in [3.8, 4) is 0 Å². The molecule has 3 aliphatic rings. The summed E-state index contributed by atoms with van der Waals surface area (Å²) in [5, 5.41) is 9.73. The van der Waals surface area contributed by atoms with Crippen molar-refractivity contribution in [1.82, 2.24) is 13.9 Å². The van der Waals surface area contributed by atoms with Crippen molar-refractivity contribution >= 4 is 16.0 Å². The molecule has 4 rings (SSSR count). The zero-order valence-electron chi connectivity index (χ0n) is 15.9. The molecular formula is C19H29N3O4S. The molecule has 8 heteroatoms. The van der Waals surface area contributed by atoms with Gasteiger partial charge in [0, 0.05) is 32.3 Å². The minimum Gasteiger partial charge on any atom is -0.481 e. The maximum Gasteiger partial charge on any atom is 0.308 e. The van der Waals surface area contributed by atoms with Gasteiger partial charge < -0.3 is 9.67 Å². The molecule has 3 fully saturated rings. The zero-order valence-corrected chi connectivity index (χ0v) is 16.7. The Hall–Kier alpha value is -1.41. The Kier molecular flexibility index (Phi) is 5.05. The zero-order chi connectivity index (χ0) is 19.2. The molecule has 1 aromatic heterocycles. The number of sulfonamides is 1. The lowest BCUT2D eigenvalue weighted by molar-refractivity contribution is -0.143. The summed E-state index contributed by atoms with van der Waals surface area (Å²) in [6.07, 6.45) is 8.99. The van der Waals surface area contributed by atoms with E-state index in [4.69, 9.17) is 0 Å². The molecule has 1 saturated heterocycles. The van der Waals surface area contributed by atoms with Crippen LogP contribution in [0.2, 0.25) is 0 Å². The molecule has 7 nitrogen and oxygen atoms in total. The predicted octanol–water partition coefficient (Wildman–Crippen LogP) is 2.37. The van der Waals surface area contributed by atoms with Crippen LogP contribution in [0.5, 0.6) is 0 Å². The fourth-order valence-corrected chi connectivity index (χ4v) is 6.29. The SMILES string of the molecule is CCc1nc(S(=O)(=O)N2C[C@@H](C(=O)O)[C@H](C3CCCC3)C2)cn1CC1CC1. The molecule has 150 valence electrons. The predicted molar refractivity (Wildman–Crippen MR) is 99.7 cm³/mol. The van der Waals surface area contributed by atoms with Crippen LogP contribution in [-0.2, 0) is 27.8 Å². The summed E-state index contributed by atoms with van der Waals surface area (Å²) in [4.78, 5) is 16.2. The molecule has 0 amide bonds. The van der Waals surface area contributed by atoms with Gasteiger partial charge in [-0.15, -0.1) is 0 Å². The second-order valence-corrected chi connectivity index (χ2v) is 10.3. The molecular weight excluding hydrogens is 366 g/mol. The van der Waals surface area contributed by atoms with Crippen molar-refractivity contribution < 1.29 is 18.3 Å². The van der Waals surface area contributed by atoms with Crippen molar-refractivity contribution in [2.45, 2.75) is 63.4 Å². The summed E-state index contributed by atoms with van der Waals surface area (Å²) in [5.41, 5.74) is 0. The highest BCUT2D eigenvalue weighted by Crippen LogP contribution is 2.41. The molecule has 0 spiro atoms. The van der Waals surface area contributed by atoms with E-state index >= 15 is 0 Å². The number of aromatic nitrogens is 2. The molecule has 27 heavy (non-hydrogen) atoms. The number of hydrogen-bond acceptors (Lipinski definition) is 4. The van der Waals surface area contributed by atoms with Crippen molar-refractivity contribution in [2.75, 3.05) is 13.1 Å². The van der Waals surface area contributed by atoms with Crippen LogP contribution < -0.4 is 0 Å². The number of carboxylic acid groups (broad SMARTS) is 1. The van der Waals surface area contributed by atoms with Crippen LogP contribution in [0.15, 0.2) is 11.2 Å². The smallest absolute Gasteiger partial charge is 0.308 e. The minimum atomic E-state index is -3.76. The van der Waals surface area contributed by atoms with Gasteiger partial charge in [0.25, 0.3) is 10.0 Å². The van der Waals surface area contributed by atoms with Gasteiger partial charge in [0.15, 0.2) is 5.03 Å². The van der Waals surface area contributed by atoms with E-state index in [1.54, 1.807) is 6.20 Å². The summed E-state index contributed by atoms with van der Waals surface area (Å²) in [6, 6.07) is 0. The van der Waals surface area contributed by atoms with Crippen LogP contribution in [0, 0.1) is 23.7 Å². The van der Waals surface area contributed by atoms with E-state index in [-0.39, 0.29) is 17.5 Å². The van der Waals surface area contributed by atoms with Crippen molar-refractivity contribution in [2.24, 2.45) is 23.7 Å². The molecule has 0 unspecified atom stereocenters. The van der Waals surface area contributed by atoms with Gasteiger partial charge >= 0.3 is 5.97 Å². The first-order chi connectivity index (χ1) is 12.9. The number of imidazole rings is 1. The third-order valence-electron chi connectivity index (χ3n) is 6.56. The van der Waals surface area contributed by atoms with E-state index in [1.807, 2.05) is 11.5 Å². The Morgan fingerprint density at radius 2 is 1.93 bits per heavy atom. The molecule has 1 N–H and O–H groups in total. The van der Waals surface area contributed by atoms with Crippen LogP contribution in [0.1, 0.15) is 51.3 Å². The molecule has 1 aliphatic heterocycles. The van der Waals surface area contributed by atoms with E-state index in [9.17, 15) is 18.3 Å². The number of nitrogens with zero attached hydrogens (tertiary/aromatic N) is 3. The number of carbonyl (C=O) groups is 1. The number of rotatable bonds is 7.